The van der Waals surface area contributed by atoms with Crippen LogP contribution in [0, 0.1) is 0 Å². The van der Waals surface area contributed by atoms with Gasteiger partial charge in [0.15, 0.2) is 0 Å². The molecule has 1 aliphatic rings. The van der Waals surface area contributed by atoms with E-state index in [0.717, 1.165) is 18.4 Å². The van der Waals surface area contributed by atoms with Crippen molar-refractivity contribution in [2.75, 3.05) is 6.54 Å². The average molecular weight is 365 g/mol. The van der Waals surface area contributed by atoms with Crippen LogP contribution in [0.15, 0.2) is 54.7 Å². The minimum absolute atomic E-state index is 0.0154. The molecule has 5 nitrogen and oxygen atoms in total. The van der Waals surface area contributed by atoms with Gasteiger partial charge in [0.05, 0.1) is 0 Å². The Morgan fingerprint density at radius 3 is 2.44 bits per heavy atom. The van der Waals surface area contributed by atoms with Crippen molar-refractivity contribution in [2.45, 2.75) is 51.7 Å². The molecule has 0 aliphatic carbocycles. The van der Waals surface area contributed by atoms with Crippen LogP contribution in [0.5, 0.6) is 0 Å². The zero-order valence-electron chi connectivity index (χ0n) is 16.3. The zero-order chi connectivity index (χ0) is 19.4. The van der Waals surface area contributed by atoms with Gasteiger partial charge < -0.3 is 9.80 Å². The molecule has 1 unspecified atom stereocenters. The fraction of sp³-hybridized carbons (Fsp3) is 0.409. The minimum atomic E-state index is -0.694. The number of pyridine rings is 1. The highest BCUT2D eigenvalue weighted by Gasteiger charge is 2.53. The molecule has 2 amide bonds. The quantitative estimate of drug-likeness (QED) is 0.787. The molecule has 142 valence electrons. The molecular weight excluding hydrogens is 338 g/mol. The highest BCUT2D eigenvalue weighted by atomic mass is 16.2. The number of rotatable bonds is 6. The van der Waals surface area contributed by atoms with Crippen molar-refractivity contribution in [3.8, 4) is 0 Å². The third-order valence-corrected chi connectivity index (χ3v) is 5.22. The Morgan fingerprint density at radius 1 is 1.11 bits per heavy atom. The van der Waals surface area contributed by atoms with Crippen molar-refractivity contribution in [1.82, 2.24) is 14.8 Å². The van der Waals surface area contributed by atoms with Crippen molar-refractivity contribution >= 4 is 11.8 Å². The lowest BCUT2D eigenvalue weighted by Gasteiger charge is -2.38. The molecule has 27 heavy (non-hydrogen) atoms. The maximum absolute atomic E-state index is 13.3. The third-order valence-electron chi connectivity index (χ3n) is 5.22. The summed E-state index contributed by atoms with van der Waals surface area (Å²) in [6.07, 6.45) is 4.03. The number of hydrogen-bond acceptors (Lipinski definition) is 3. The fourth-order valence-electron chi connectivity index (χ4n) is 3.79. The predicted molar refractivity (Wildman–Crippen MR) is 105 cm³/mol. The number of nitrogens with zero attached hydrogens (tertiary/aromatic N) is 3. The number of hydrogen-bond donors (Lipinski definition) is 0. The van der Waals surface area contributed by atoms with Crippen LogP contribution in [0.2, 0.25) is 0 Å². The molecule has 1 aromatic carbocycles. The number of unbranched alkanes of at least 4 members (excludes halogenated alkanes) is 1. The Hall–Kier alpha value is -2.69. The first-order chi connectivity index (χ1) is 13.0. The van der Waals surface area contributed by atoms with E-state index in [9.17, 15) is 9.59 Å². The van der Waals surface area contributed by atoms with E-state index in [1.807, 2.05) is 49.1 Å². The summed E-state index contributed by atoms with van der Waals surface area (Å²) in [5.41, 5.74) is 0.719. The molecule has 1 aromatic heterocycles. The molecule has 0 spiro atoms. The average Bonchev–Trinajstić information content (AvgIpc) is 2.86. The standard InChI is InChI=1S/C22H27N3O2/c1-4-5-15-24-21(27)19(16-17-11-7-6-8-12-17)25(22(24,2)3)20(26)18-13-9-10-14-23-18/h6-14,19H,4-5,15-16H2,1-3H3. The predicted octanol–water partition coefficient (Wildman–Crippen LogP) is 3.51. The van der Waals surface area contributed by atoms with Gasteiger partial charge in [-0.1, -0.05) is 49.7 Å². The van der Waals surface area contributed by atoms with Crippen molar-refractivity contribution in [3.63, 3.8) is 0 Å². The van der Waals surface area contributed by atoms with Gasteiger partial charge in [0, 0.05) is 19.2 Å². The molecule has 1 aliphatic heterocycles. The lowest BCUT2D eigenvalue weighted by Crippen LogP contribution is -2.53. The molecule has 1 atom stereocenters. The maximum Gasteiger partial charge on any atom is 0.274 e. The van der Waals surface area contributed by atoms with Gasteiger partial charge >= 0.3 is 0 Å². The normalized spacial score (nSPS) is 18.8. The SMILES string of the molecule is CCCCN1C(=O)C(Cc2ccccc2)N(C(=O)c2ccccn2)C1(C)C. The van der Waals surface area contributed by atoms with Crippen LogP contribution in [-0.4, -0.2) is 44.8 Å². The van der Waals surface area contributed by atoms with Gasteiger partial charge in [-0.25, -0.2) is 0 Å². The maximum atomic E-state index is 13.3. The Morgan fingerprint density at radius 2 is 1.81 bits per heavy atom. The number of carbonyl (C=O) groups excluding carboxylic acids is 2. The summed E-state index contributed by atoms with van der Waals surface area (Å²) in [6, 6.07) is 14.6. The molecule has 5 heteroatoms. The molecule has 1 fully saturated rings. The summed E-state index contributed by atoms with van der Waals surface area (Å²) < 4.78 is 0. The summed E-state index contributed by atoms with van der Waals surface area (Å²) in [4.78, 5) is 34.4. The lowest BCUT2D eigenvalue weighted by molar-refractivity contribution is -0.131. The summed E-state index contributed by atoms with van der Waals surface area (Å²) in [7, 11) is 0. The van der Waals surface area contributed by atoms with Crippen molar-refractivity contribution in [1.29, 1.82) is 0 Å². The van der Waals surface area contributed by atoms with E-state index in [2.05, 4.69) is 11.9 Å². The third kappa shape index (κ3) is 3.72. The van der Waals surface area contributed by atoms with Crippen LogP contribution in [0.3, 0.4) is 0 Å². The Balaban J connectivity index is 1.98. The van der Waals surface area contributed by atoms with Crippen LogP contribution >= 0.6 is 0 Å². The summed E-state index contributed by atoms with van der Waals surface area (Å²) >= 11 is 0. The van der Waals surface area contributed by atoms with Crippen molar-refractivity contribution < 1.29 is 9.59 Å². The first-order valence-corrected chi connectivity index (χ1v) is 9.57. The molecule has 3 rings (SSSR count). The van der Waals surface area contributed by atoms with E-state index < -0.39 is 11.7 Å². The molecule has 2 aromatic rings. The number of aromatic nitrogens is 1. The fourth-order valence-corrected chi connectivity index (χ4v) is 3.79. The molecule has 2 heterocycles. The number of carbonyl (C=O) groups is 2. The van der Waals surface area contributed by atoms with Gasteiger partial charge in [0.2, 0.25) is 5.91 Å². The second-order valence-electron chi connectivity index (χ2n) is 7.43. The van der Waals surface area contributed by atoms with Gasteiger partial charge in [-0.15, -0.1) is 0 Å². The summed E-state index contributed by atoms with van der Waals surface area (Å²) in [6.45, 7) is 6.66. The van der Waals surface area contributed by atoms with E-state index in [4.69, 9.17) is 0 Å². The lowest BCUT2D eigenvalue weighted by atomic mass is 10.0. The van der Waals surface area contributed by atoms with Crippen LogP contribution in [0.1, 0.15) is 49.7 Å². The van der Waals surface area contributed by atoms with Gasteiger partial charge in [0.25, 0.3) is 5.91 Å². The Kier molecular flexibility index (Phi) is 5.59. The van der Waals surface area contributed by atoms with Crippen LogP contribution in [0.25, 0.3) is 0 Å². The molecule has 0 bridgehead atoms. The van der Waals surface area contributed by atoms with E-state index in [-0.39, 0.29) is 11.8 Å². The highest BCUT2D eigenvalue weighted by molar-refractivity contribution is 5.99. The number of amides is 2. The topological polar surface area (TPSA) is 53.5 Å². The van der Waals surface area contributed by atoms with Gasteiger partial charge in [-0.3, -0.25) is 14.6 Å². The second-order valence-corrected chi connectivity index (χ2v) is 7.43. The first-order valence-electron chi connectivity index (χ1n) is 9.57. The van der Waals surface area contributed by atoms with Gasteiger partial charge in [0.1, 0.15) is 17.4 Å². The van der Waals surface area contributed by atoms with Crippen molar-refractivity contribution in [2.24, 2.45) is 0 Å². The smallest absolute Gasteiger partial charge is 0.274 e. The monoisotopic (exact) mass is 365 g/mol. The summed E-state index contributed by atoms with van der Waals surface area (Å²) in [5, 5.41) is 0. The molecular formula is C22H27N3O2. The van der Waals surface area contributed by atoms with Gasteiger partial charge in [-0.2, -0.15) is 0 Å². The Bertz CT molecular complexity index is 790. The zero-order valence-corrected chi connectivity index (χ0v) is 16.3. The Labute approximate surface area is 161 Å². The van der Waals surface area contributed by atoms with E-state index in [0.29, 0.717) is 18.7 Å². The van der Waals surface area contributed by atoms with Crippen LogP contribution in [0.4, 0.5) is 0 Å². The molecule has 0 radical (unpaired) electrons. The minimum Gasteiger partial charge on any atom is -0.318 e. The largest absolute Gasteiger partial charge is 0.318 e. The van der Waals surface area contributed by atoms with E-state index in [1.54, 1.807) is 29.3 Å². The summed E-state index contributed by atoms with van der Waals surface area (Å²) in [5.74, 6) is -0.185. The highest BCUT2D eigenvalue weighted by Crippen LogP contribution is 2.34. The molecule has 0 saturated carbocycles. The van der Waals surface area contributed by atoms with E-state index >= 15 is 0 Å². The second kappa shape index (κ2) is 7.91. The molecule has 1 saturated heterocycles. The first kappa shape index (κ1) is 19.1. The van der Waals surface area contributed by atoms with Gasteiger partial charge in [-0.05, 0) is 38.0 Å². The van der Waals surface area contributed by atoms with Crippen LogP contribution < -0.4 is 0 Å². The number of benzene rings is 1. The van der Waals surface area contributed by atoms with Crippen LogP contribution in [-0.2, 0) is 11.2 Å². The van der Waals surface area contributed by atoms with E-state index in [1.165, 1.54) is 0 Å². The van der Waals surface area contributed by atoms with Crippen molar-refractivity contribution in [3.05, 3.63) is 66.0 Å². The molecule has 0 N–H and O–H groups in total.